The molecule has 1 aromatic heterocycles. The standard InChI is InChI=1S/C20H23N5O6S/c1-29-14-10-13(11-15(30-2)18(14)31-3)12-16-19(27)25(20(28)32-16)9-5-21-17(26)4-7-24-8-6-22-23-24/h6,8,10-12H,4-5,7,9H2,1-3H3,(H,21,26)/b16-12-. The number of hydrogen-bond donors (Lipinski definition) is 1. The van der Waals surface area contributed by atoms with Crippen molar-refractivity contribution in [1.82, 2.24) is 25.2 Å². The lowest BCUT2D eigenvalue weighted by Crippen LogP contribution is -2.37. The Bertz CT molecular complexity index is 998. The molecule has 1 N–H and O–H groups in total. The fourth-order valence-electron chi connectivity index (χ4n) is 2.99. The molecule has 0 aliphatic carbocycles. The number of thioether (sulfide) groups is 1. The highest BCUT2D eigenvalue weighted by Gasteiger charge is 2.34. The van der Waals surface area contributed by atoms with E-state index < -0.39 is 11.1 Å². The van der Waals surface area contributed by atoms with E-state index in [-0.39, 0.29) is 30.3 Å². The van der Waals surface area contributed by atoms with Gasteiger partial charge in [-0.15, -0.1) is 5.10 Å². The lowest BCUT2D eigenvalue weighted by atomic mass is 10.1. The van der Waals surface area contributed by atoms with Gasteiger partial charge in [-0.3, -0.25) is 24.0 Å². The predicted octanol–water partition coefficient (Wildman–Crippen LogP) is 1.55. The van der Waals surface area contributed by atoms with Crippen molar-refractivity contribution in [3.05, 3.63) is 35.0 Å². The molecule has 1 fully saturated rings. The van der Waals surface area contributed by atoms with E-state index in [1.165, 1.54) is 27.5 Å². The Hall–Kier alpha value is -3.54. The van der Waals surface area contributed by atoms with Gasteiger partial charge < -0.3 is 19.5 Å². The monoisotopic (exact) mass is 461 g/mol. The van der Waals surface area contributed by atoms with Crippen LogP contribution < -0.4 is 19.5 Å². The maximum atomic E-state index is 12.7. The molecular formula is C20H23N5O6S. The van der Waals surface area contributed by atoms with Crippen LogP contribution in [0, 0.1) is 0 Å². The van der Waals surface area contributed by atoms with Crippen molar-refractivity contribution in [2.75, 3.05) is 34.4 Å². The number of ether oxygens (including phenoxy) is 3. The van der Waals surface area contributed by atoms with Crippen LogP contribution in [0.3, 0.4) is 0 Å². The van der Waals surface area contributed by atoms with Gasteiger partial charge in [0.1, 0.15) is 0 Å². The smallest absolute Gasteiger partial charge is 0.293 e. The van der Waals surface area contributed by atoms with E-state index in [9.17, 15) is 14.4 Å². The molecule has 170 valence electrons. The van der Waals surface area contributed by atoms with Crippen LogP contribution in [0.2, 0.25) is 0 Å². The quantitative estimate of drug-likeness (QED) is 0.525. The number of nitrogens with zero attached hydrogens (tertiary/aromatic N) is 4. The van der Waals surface area contributed by atoms with Gasteiger partial charge in [0.25, 0.3) is 11.1 Å². The van der Waals surface area contributed by atoms with E-state index in [0.29, 0.717) is 29.4 Å². The third kappa shape index (κ3) is 5.38. The van der Waals surface area contributed by atoms with Gasteiger partial charge in [-0.25, -0.2) is 0 Å². The maximum absolute atomic E-state index is 12.7. The number of aromatic nitrogens is 3. The molecule has 3 rings (SSSR count). The summed E-state index contributed by atoms with van der Waals surface area (Å²) < 4.78 is 17.5. The number of nitrogens with one attached hydrogen (secondary N) is 1. The third-order valence-electron chi connectivity index (χ3n) is 4.56. The van der Waals surface area contributed by atoms with Crippen LogP contribution in [0.4, 0.5) is 4.79 Å². The summed E-state index contributed by atoms with van der Waals surface area (Å²) in [7, 11) is 4.49. The molecule has 0 bridgehead atoms. The Morgan fingerprint density at radius 1 is 1.12 bits per heavy atom. The Labute approximate surface area is 188 Å². The van der Waals surface area contributed by atoms with E-state index >= 15 is 0 Å². The summed E-state index contributed by atoms with van der Waals surface area (Å²) in [5.74, 6) is 0.669. The average Bonchev–Trinajstić information content (AvgIpc) is 3.40. The van der Waals surface area contributed by atoms with Crippen LogP contribution >= 0.6 is 11.8 Å². The third-order valence-corrected chi connectivity index (χ3v) is 5.46. The van der Waals surface area contributed by atoms with Crippen LogP contribution in [0.15, 0.2) is 29.4 Å². The Morgan fingerprint density at radius 3 is 2.44 bits per heavy atom. The highest BCUT2D eigenvalue weighted by Crippen LogP contribution is 2.40. The van der Waals surface area contributed by atoms with Gasteiger partial charge in [0.05, 0.1) is 39.0 Å². The first kappa shape index (κ1) is 23.1. The zero-order valence-electron chi connectivity index (χ0n) is 17.9. The SMILES string of the molecule is COc1cc(/C=C2\SC(=O)N(CCNC(=O)CCn3ccnn3)C2=O)cc(OC)c1OC. The molecule has 3 amide bonds. The Morgan fingerprint density at radius 2 is 1.84 bits per heavy atom. The molecular weight excluding hydrogens is 438 g/mol. The summed E-state index contributed by atoms with van der Waals surface area (Å²) in [4.78, 5) is 38.3. The number of carbonyl (C=O) groups is 3. The summed E-state index contributed by atoms with van der Waals surface area (Å²) in [6, 6.07) is 3.37. The largest absolute Gasteiger partial charge is 0.493 e. The molecule has 11 nitrogen and oxygen atoms in total. The fourth-order valence-corrected chi connectivity index (χ4v) is 3.86. The number of amides is 3. The second kappa shape index (κ2) is 10.7. The molecule has 1 aromatic carbocycles. The van der Waals surface area contributed by atoms with Crippen molar-refractivity contribution in [3.63, 3.8) is 0 Å². The van der Waals surface area contributed by atoms with Crippen molar-refractivity contribution in [1.29, 1.82) is 0 Å². The second-order valence-corrected chi connectivity index (χ2v) is 7.55. The average molecular weight is 462 g/mol. The zero-order chi connectivity index (χ0) is 23.1. The van der Waals surface area contributed by atoms with Crippen LogP contribution in [0.25, 0.3) is 6.08 Å². The minimum Gasteiger partial charge on any atom is -0.493 e. The molecule has 0 unspecified atom stereocenters. The number of benzene rings is 1. The van der Waals surface area contributed by atoms with Gasteiger partial charge in [0.2, 0.25) is 11.7 Å². The van der Waals surface area contributed by atoms with Crippen LogP contribution in [0.5, 0.6) is 17.2 Å². The van der Waals surface area contributed by atoms with Crippen molar-refractivity contribution >= 4 is 34.9 Å². The minimum atomic E-state index is -0.425. The number of hydrogen-bond acceptors (Lipinski definition) is 9. The summed E-state index contributed by atoms with van der Waals surface area (Å²) in [6.07, 6.45) is 5.00. The van der Waals surface area contributed by atoms with Crippen LogP contribution in [0.1, 0.15) is 12.0 Å². The highest BCUT2D eigenvalue weighted by atomic mass is 32.2. The molecule has 0 radical (unpaired) electrons. The lowest BCUT2D eigenvalue weighted by molar-refractivity contribution is -0.124. The van der Waals surface area contributed by atoms with Crippen molar-refractivity contribution in [2.24, 2.45) is 0 Å². The zero-order valence-corrected chi connectivity index (χ0v) is 18.7. The highest BCUT2D eigenvalue weighted by molar-refractivity contribution is 8.18. The molecule has 32 heavy (non-hydrogen) atoms. The molecule has 1 saturated heterocycles. The summed E-state index contributed by atoms with van der Waals surface area (Å²) in [5, 5.41) is 9.75. The molecule has 1 aliphatic rings. The Kier molecular flexibility index (Phi) is 7.71. The van der Waals surface area contributed by atoms with Crippen molar-refractivity contribution in [3.8, 4) is 17.2 Å². The molecule has 2 heterocycles. The van der Waals surface area contributed by atoms with Gasteiger partial charge in [-0.05, 0) is 35.5 Å². The van der Waals surface area contributed by atoms with Gasteiger partial charge >= 0.3 is 0 Å². The van der Waals surface area contributed by atoms with Crippen LogP contribution in [-0.2, 0) is 16.1 Å². The van der Waals surface area contributed by atoms with Gasteiger partial charge in [0, 0.05) is 25.7 Å². The maximum Gasteiger partial charge on any atom is 0.293 e. The van der Waals surface area contributed by atoms with Crippen molar-refractivity contribution < 1.29 is 28.6 Å². The van der Waals surface area contributed by atoms with E-state index in [1.807, 2.05) is 0 Å². The molecule has 1 aliphatic heterocycles. The summed E-state index contributed by atoms with van der Waals surface area (Å²) in [5.41, 5.74) is 0.617. The topological polar surface area (TPSA) is 125 Å². The van der Waals surface area contributed by atoms with Gasteiger partial charge in [0.15, 0.2) is 11.5 Å². The first-order chi connectivity index (χ1) is 15.5. The van der Waals surface area contributed by atoms with Crippen LogP contribution in [-0.4, -0.2) is 71.4 Å². The molecule has 0 atom stereocenters. The fraction of sp³-hybridized carbons (Fsp3) is 0.350. The predicted molar refractivity (Wildman–Crippen MR) is 116 cm³/mol. The Balaban J connectivity index is 1.60. The second-order valence-electron chi connectivity index (χ2n) is 6.56. The molecule has 0 spiro atoms. The number of methoxy groups -OCH3 is 3. The van der Waals surface area contributed by atoms with E-state index in [4.69, 9.17) is 14.2 Å². The first-order valence-electron chi connectivity index (χ1n) is 9.63. The van der Waals surface area contributed by atoms with Gasteiger partial charge in [-0.1, -0.05) is 5.21 Å². The number of rotatable bonds is 10. The normalized spacial score (nSPS) is 14.7. The lowest BCUT2D eigenvalue weighted by Gasteiger charge is -2.13. The molecule has 12 heteroatoms. The number of aryl methyl sites for hydroxylation is 1. The molecule has 0 saturated carbocycles. The summed E-state index contributed by atoms with van der Waals surface area (Å²) >= 11 is 0.835. The first-order valence-corrected chi connectivity index (χ1v) is 10.4. The van der Waals surface area contributed by atoms with Crippen molar-refractivity contribution in [2.45, 2.75) is 13.0 Å². The number of carbonyl (C=O) groups excluding carboxylic acids is 3. The van der Waals surface area contributed by atoms with E-state index in [0.717, 1.165) is 16.7 Å². The minimum absolute atomic E-state index is 0.0757. The van der Waals surface area contributed by atoms with E-state index in [2.05, 4.69) is 15.6 Å². The summed E-state index contributed by atoms with van der Waals surface area (Å²) in [6.45, 7) is 0.628. The van der Waals surface area contributed by atoms with Gasteiger partial charge in [-0.2, -0.15) is 0 Å². The molecule has 2 aromatic rings. The van der Waals surface area contributed by atoms with E-state index in [1.54, 1.807) is 29.1 Å². The number of imide groups is 1.